The Morgan fingerprint density at radius 3 is 2.67 bits per heavy atom. The predicted octanol–water partition coefficient (Wildman–Crippen LogP) is 5.18. The van der Waals surface area contributed by atoms with E-state index in [-0.39, 0.29) is 5.41 Å². The molecule has 0 aliphatic carbocycles. The monoisotopic (exact) mass is 408 g/mol. The van der Waals surface area contributed by atoms with E-state index in [0.717, 1.165) is 42.7 Å². The van der Waals surface area contributed by atoms with Gasteiger partial charge in [0.15, 0.2) is 0 Å². The first-order chi connectivity index (χ1) is 11.5. The van der Waals surface area contributed by atoms with Crippen LogP contribution < -0.4 is 4.74 Å². The molecule has 2 aromatic rings. The molecule has 2 heterocycles. The van der Waals surface area contributed by atoms with Crippen molar-refractivity contribution in [2.24, 2.45) is 5.41 Å². The SMILES string of the molecule is CC1(COc2cc(Cl)ncc2Br)CCN(Cc2ccccc2)CC1. The van der Waals surface area contributed by atoms with Crippen molar-refractivity contribution in [1.29, 1.82) is 0 Å². The molecule has 1 saturated heterocycles. The molecule has 3 rings (SSSR count). The number of pyridine rings is 1. The summed E-state index contributed by atoms with van der Waals surface area (Å²) in [6, 6.07) is 12.4. The second-order valence-electron chi connectivity index (χ2n) is 6.80. The first-order valence-corrected chi connectivity index (χ1v) is 9.41. The smallest absolute Gasteiger partial charge is 0.138 e. The summed E-state index contributed by atoms with van der Waals surface area (Å²) in [6.45, 7) is 6.25. The lowest BCUT2D eigenvalue weighted by Gasteiger charge is -2.39. The molecule has 0 amide bonds. The maximum atomic E-state index is 6.02. The Morgan fingerprint density at radius 2 is 1.96 bits per heavy atom. The van der Waals surface area contributed by atoms with Crippen molar-refractivity contribution in [3.05, 3.63) is 57.8 Å². The van der Waals surface area contributed by atoms with E-state index >= 15 is 0 Å². The van der Waals surface area contributed by atoms with Crippen molar-refractivity contribution in [3.8, 4) is 5.75 Å². The highest BCUT2D eigenvalue weighted by atomic mass is 79.9. The maximum Gasteiger partial charge on any atom is 0.138 e. The number of hydrogen-bond acceptors (Lipinski definition) is 3. The van der Waals surface area contributed by atoms with Crippen LogP contribution in [0.15, 0.2) is 47.1 Å². The highest BCUT2D eigenvalue weighted by Crippen LogP contribution is 2.34. The van der Waals surface area contributed by atoms with Gasteiger partial charge in [0.25, 0.3) is 0 Å². The van der Waals surface area contributed by atoms with Gasteiger partial charge in [0.1, 0.15) is 10.9 Å². The number of benzene rings is 1. The average molecular weight is 410 g/mol. The molecular weight excluding hydrogens is 388 g/mol. The minimum Gasteiger partial charge on any atom is -0.492 e. The van der Waals surface area contributed by atoms with E-state index < -0.39 is 0 Å². The highest BCUT2D eigenvalue weighted by Gasteiger charge is 2.31. The second kappa shape index (κ2) is 7.85. The van der Waals surface area contributed by atoms with Gasteiger partial charge in [-0.05, 0) is 47.4 Å². The predicted molar refractivity (Wildman–Crippen MR) is 102 cm³/mol. The minimum atomic E-state index is 0.197. The van der Waals surface area contributed by atoms with E-state index in [4.69, 9.17) is 16.3 Å². The van der Waals surface area contributed by atoms with Gasteiger partial charge in [0.2, 0.25) is 0 Å². The Labute approximate surface area is 157 Å². The van der Waals surface area contributed by atoms with Crippen LogP contribution in [0.4, 0.5) is 0 Å². The Balaban J connectivity index is 1.52. The van der Waals surface area contributed by atoms with Crippen molar-refractivity contribution in [2.45, 2.75) is 26.3 Å². The van der Waals surface area contributed by atoms with Gasteiger partial charge in [0, 0.05) is 24.2 Å². The number of ether oxygens (including phenoxy) is 1. The molecule has 24 heavy (non-hydrogen) atoms. The van der Waals surface area contributed by atoms with E-state index in [1.807, 2.05) is 0 Å². The van der Waals surface area contributed by atoms with Crippen LogP contribution in [0.2, 0.25) is 5.15 Å². The maximum absolute atomic E-state index is 6.02. The lowest BCUT2D eigenvalue weighted by Crippen LogP contribution is -2.41. The van der Waals surface area contributed by atoms with E-state index in [1.54, 1.807) is 12.3 Å². The fraction of sp³-hybridized carbons (Fsp3) is 0.421. The third-order valence-corrected chi connectivity index (χ3v) is 5.48. The van der Waals surface area contributed by atoms with Gasteiger partial charge in [-0.25, -0.2) is 4.98 Å². The topological polar surface area (TPSA) is 25.4 Å². The molecule has 0 saturated carbocycles. The fourth-order valence-corrected chi connectivity index (χ4v) is 3.48. The zero-order valence-electron chi connectivity index (χ0n) is 13.8. The number of nitrogens with zero attached hydrogens (tertiary/aromatic N) is 2. The summed E-state index contributed by atoms with van der Waals surface area (Å²) in [6.07, 6.45) is 3.95. The van der Waals surface area contributed by atoms with Gasteiger partial charge in [-0.1, -0.05) is 48.9 Å². The van der Waals surface area contributed by atoms with Crippen molar-refractivity contribution < 1.29 is 4.74 Å². The summed E-state index contributed by atoms with van der Waals surface area (Å²) in [4.78, 5) is 6.56. The molecule has 1 aliphatic rings. The zero-order chi connectivity index (χ0) is 17.0. The molecule has 0 spiro atoms. The molecule has 0 N–H and O–H groups in total. The molecule has 0 unspecified atom stereocenters. The largest absolute Gasteiger partial charge is 0.492 e. The quantitative estimate of drug-likeness (QED) is 0.636. The summed E-state index contributed by atoms with van der Waals surface area (Å²) < 4.78 is 6.87. The first kappa shape index (κ1) is 17.7. The first-order valence-electron chi connectivity index (χ1n) is 8.24. The molecule has 1 aliphatic heterocycles. The molecule has 1 fully saturated rings. The van der Waals surface area contributed by atoms with Crippen LogP contribution in [0.1, 0.15) is 25.3 Å². The molecule has 1 aromatic heterocycles. The van der Waals surface area contributed by atoms with Crippen LogP contribution in [-0.4, -0.2) is 29.6 Å². The van der Waals surface area contributed by atoms with Crippen molar-refractivity contribution in [3.63, 3.8) is 0 Å². The number of likely N-dealkylation sites (tertiary alicyclic amines) is 1. The van der Waals surface area contributed by atoms with Crippen LogP contribution in [-0.2, 0) is 6.54 Å². The molecule has 128 valence electrons. The Kier molecular flexibility index (Phi) is 5.80. The van der Waals surface area contributed by atoms with Gasteiger partial charge in [-0.15, -0.1) is 0 Å². The number of aromatic nitrogens is 1. The Morgan fingerprint density at radius 1 is 1.25 bits per heavy atom. The normalized spacial score (nSPS) is 17.6. The van der Waals surface area contributed by atoms with Gasteiger partial charge >= 0.3 is 0 Å². The van der Waals surface area contributed by atoms with E-state index in [2.05, 4.69) is 63.1 Å². The van der Waals surface area contributed by atoms with Crippen LogP contribution in [0.3, 0.4) is 0 Å². The van der Waals surface area contributed by atoms with Crippen molar-refractivity contribution in [2.75, 3.05) is 19.7 Å². The lowest BCUT2D eigenvalue weighted by molar-refractivity contribution is 0.0653. The van der Waals surface area contributed by atoms with Gasteiger partial charge < -0.3 is 4.74 Å². The zero-order valence-corrected chi connectivity index (χ0v) is 16.2. The molecule has 1 aromatic carbocycles. The molecular formula is C19H22BrClN2O. The standard InChI is InChI=1S/C19H22BrClN2O/c1-19(14-24-17-11-18(21)22-12-16(17)20)7-9-23(10-8-19)13-15-5-3-2-4-6-15/h2-6,11-12H,7-10,13-14H2,1H3. The molecule has 0 radical (unpaired) electrons. The van der Waals surface area contributed by atoms with E-state index in [0.29, 0.717) is 11.8 Å². The number of piperidine rings is 1. The Bertz CT molecular complexity index is 672. The van der Waals surface area contributed by atoms with Crippen molar-refractivity contribution in [1.82, 2.24) is 9.88 Å². The van der Waals surface area contributed by atoms with Gasteiger partial charge in [-0.2, -0.15) is 0 Å². The Hall–Kier alpha value is -1.10. The minimum absolute atomic E-state index is 0.197. The van der Waals surface area contributed by atoms with Crippen LogP contribution in [0.5, 0.6) is 5.75 Å². The van der Waals surface area contributed by atoms with E-state index in [1.165, 1.54) is 5.56 Å². The summed E-state index contributed by atoms with van der Waals surface area (Å²) in [7, 11) is 0. The third kappa shape index (κ3) is 4.71. The number of rotatable bonds is 5. The van der Waals surface area contributed by atoms with E-state index in [9.17, 15) is 0 Å². The molecule has 0 atom stereocenters. The third-order valence-electron chi connectivity index (χ3n) is 4.68. The van der Waals surface area contributed by atoms with Crippen molar-refractivity contribution >= 4 is 27.5 Å². The summed E-state index contributed by atoms with van der Waals surface area (Å²) >= 11 is 9.42. The molecule has 3 nitrogen and oxygen atoms in total. The van der Waals surface area contributed by atoms with Gasteiger partial charge in [0.05, 0.1) is 11.1 Å². The second-order valence-corrected chi connectivity index (χ2v) is 8.04. The van der Waals surface area contributed by atoms with Crippen LogP contribution >= 0.6 is 27.5 Å². The molecule has 0 bridgehead atoms. The van der Waals surface area contributed by atoms with Crippen LogP contribution in [0.25, 0.3) is 0 Å². The summed E-state index contributed by atoms with van der Waals surface area (Å²) in [5.41, 5.74) is 1.58. The van der Waals surface area contributed by atoms with Crippen LogP contribution in [0, 0.1) is 5.41 Å². The summed E-state index contributed by atoms with van der Waals surface area (Å²) in [5, 5.41) is 0.455. The van der Waals surface area contributed by atoms with Gasteiger partial charge in [-0.3, -0.25) is 4.90 Å². The summed E-state index contributed by atoms with van der Waals surface area (Å²) in [5.74, 6) is 0.767. The number of halogens is 2. The highest BCUT2D eigenvalue weighted by molar-refractivity contribution is 9.10. The fourth-order valence-electron chi connectivity index (χ4n) is 3.00. The lowest BCUT2D eigenvalue weighted by atomic mass is 9.81. The average Bonchev–Trinajstić information content (AvgIpc) is 2.59. The number of hydrogen-bond donors (Lipinski definition) is 0. The molecule has 5 heteroatoms.